The number of ether oxygens (including phenoxy) is 1. The van der Waals surface area contributed by atoms with E-state index in [-0.39, 0.29) is 0 Å². The number of pyridine rings is 1. The van der Waals surface area contributed by atoms with E-state index >= 15 is 0 Å². The van der Waals surface area contributed by atoms with E-state index in [0.717, 1.165) is 27.9 Å². The topological polar surface area (TPSA) is 39.9 Å². The van der Waals surface area contributed by atoms with Crippen LogP contribution in [0.15, 0.2) is 42.7 Å². The molecule has 0 aliphatic carbocycles. The normalized spacial score (nSPS) is 11.2. The van der Waals surface area contributed by atoms with Crippen molar-refractivity contribution in [3.63, 3.8) is 0 Å². The van der Waals surface area contributed by atoms with Crippen LogP contribution in [0.1, 0.15) is 31.1 Å². The van der Waals surface area contributed by atoms with E-state index in [2.05, 4.69) is 36.1 Å². The average Bonchev–Trinajstić information content (AvgIpc) is 2.93. The van der Waals surface area contributed by atoms with Crippen LogP contribution in [-0.2, 0) is 6.61 Å². The minimum atomic E-state index is 0.339. The molecule has 0 fully saturated rings. The van der Waals surface area contributed by atoms with Crippen molar-refractivity contribution in [2.45, 2.75) is 33.4 Å². The van der Waals surface area contributed by atoms with Crippen LogP contribution < -0.4 is 4.74 Å². The molecule has 0 radical (unpaired) electrons. The molecule has 0 aliphatic rings. The Hall–Kier alpha value is -2.36. The van der Waals surface area contributed by atoms with Gasteiger partial charge >= 0.3 is 0 Å². The van der Waals surface area contributed by atoms with Crippen molar-refractivity contribution in [1.82, 2.24) is 14.8 Å². The minimum absolute atomic E-state index is 0.339. The van der Waals surface area contributed by atoms with Crippen LogP contribution in [0.3, 0.4) is 0 Å². The molecule has 2 heterocycles. The third-order valence-electron chi connectivity index (χ3n) is 3.43. The van der Waals surface area contributed by atoms with E-state index in [9.17, 15) is 0 Å². The second-order valence-corrected chi connectivity index (χ2v) is 5.48. The van der Waals surface area contributed by atoms with Gasteiger partial charge in [0.2, 0.25) is 0 Å². The van der Waals surface area contributed by atoms with Gasteiger partial charge in [-0.2, -0.15) is 5.10 Å². The van der Waals surface area contributed by atoms with Crippen molar-refractivity contribution >= 4 is 10.9 Å². The van der Waals surface area contributed by atoms with Gasteiger partial charge in [0, 0.05) is 22.7 Å². The molecule has 0 bridgehead atoms. The molecule has 0 saturated heterocycles. The van der Waals surface area contributed by atoms with E-state index in [1.54, 1.807) is 6.20 Å². The van der Waals surface area contributed by atoms with Gasteiger partial charge in [0.1, 0.15) is 6.61 Å². The van der Waals surface area contributed by atoms with Crippen LogP contribution in [0.5, 0.6) is 5.75 Å². The van der Waals surface area contributed by atoms with Crippen LogP contribution in [0, 0.1) is 6.92 Å². The number of aryl methyl sites for hydroxylation is 1. The number of hydrogen-bond acceptors (Lipinski definition) is 3. The Morgan fingerprint density at radius 2 is 2.05 bits per heavy atom. The Morgan fingerprint density at radius 3 is 2.81 bits per heavy atom. The van der Waals surface area contributed by atoms with E-state index in [1.807, 2.05) is 36.0 Å². The summed E-state index contributed by atoms with van der Waals surface area (Å²) in [6, 6.07) is 10.6. The Labute approximate surface area is 124 Å². The monoisotopic (exact) mass is 281 g/mol. The minimum Gasteiger partial charge on any atom is -0.486 e. The molecule has 0 amide bonds. The maximum atomic E-state index is 5.87. The standard InChI is InChI=1S/C17H19N3O/c1-12(2)20-10-15(9-18-20)21-11-14-8-13(3)19-17-7-5-4-6-16(14)17/h4-10,12H,11H2,1-3H3. The Balaban J connectivity index is 1.84. The zero-order valence-corrected chi connectivity index (χ0v) is 12.6. The number of benzene rings is 1. The smallest absolute Gasteiger partial charge is 0.157 e. The van der Waals surface area contributed by atoms with Gasteiger partial charge in [0.15, 0.2) is 5.75 Å². The molecule has 0 saturated carbocycles. The summed E-state index contributed by atoms with van der Waals surface area (Å²) in [6.07, 6.45) is 3.69. The molecule has 4 nitrogen and oxygen atoms in total. The maximum absolute atomic E-state index is 5.87. The molecule has 2 aromatic heterocycles. The summed E-state index contributed by atoms with van der Waals surface area (Å²) in [7, 11) is 0. The van der Waals surface area contributed by atoms with Gasteiger partial charge in [0.05, 0.1) is 17.9 Å². The second kappa shape index (κ2) is 5.56. The molecule has 1 aromatic carbocycles. The van der Waals surface area contributed by atoms with Crippen molar-refractivity contribution in [3.8, 4) is 5.75 Å². The highest BCUT2D eigenvalue weighted by Crippen LogP contribution is 2.20. The lowest BCUT2D eigenvalue weighted by molar-refractivity contribution is 0.306. The maximum Gasteiger partial charge on any atom is 0.157 e. The fraction of sp³-hybridized carbons (Fsp3) is 0.294. The lowest BCUT2D eigenvalue weighted by Crippen LogP contribution is -2.00. The van der Waals surface area contributed by atoms with Gasteiger partial charge in [0.25, 0.3) is 0 Å². The predicted octanol–water partition coefficient (Wildman–Crippen LogP) is 3.90. The van der Waals surface area contributed by atoms with E-state index < -0.39 is 0 Å². The predicted molar refractivity (Wildman–Crippen MR) is 83.4 cm³/mol. The summed E-state index contributed by atoms with van der Waals surface area (Å²) in [6.45, 7) is 6.72. The third kappa shape index (κ3) is 2.89. The molecule has 0 N–H and O–H groups in total. The van der Waals surface area contributed by atoms with E-state index in [1.165, 1.54) is 0 Å². The fourth-order valence-corrected chi connectivity index (χ4v) is 2.35. The molecule has 21 heavy (non-hydrogen) atoms. The first-order chi connectivity index (χ1) is 10.1. The second-order valence-electron chi connectivity index (χ2n) is 5.48. The number of aromatic nitrogens is 3. The molecule has 4 heteroatoms. The van der Waals surface area contributed by atoms with Crippen molar-refractivity contribution in [1.29, 1.82) is 0 Å². The number of fused-ring (bicyclic) bond motifs is 1. The Kier molecular flexibility index (Phi) is 3.60. The molecular formula is C17H19N3O. The summed E-state index contributed by atoms with van der Waals surface area (Å²) in [5.41, 5.74) is 3.16. The number of nitrogens with zero attached hydrogens (tertiary/aromatic N) is 3. The first-order valence-corrected chi connectivity index (χ1v) is 7.15. The highest BCUT2D eigenvalue weighted by Gasteiger charge is 2.06. The molecular weight excluding hydrogens is 262 g/mol. The average molecular weight is 281 g/mol. The van der Waals surface area contributed by atoms with Gasteiger partial charge in [-0.1, -0.05) is 18.2 Å². The van der Waals surface area contributed by atoms with Crippen LogP contribution in [0.25, 0.3) is 10.9 Å². The summed E-state index contributed by atoms with van der Waals surface area (Å²) >= 11 is 0. The first kappa shape index (κ1) is 13.6. The Bertz CT molecular complexity index is 762. The van der Waals surface area contributed by atoms with Crippen molar-refractivity contribution in [2.75, 3.05) is 0 Å². The third-order valence-corrected chi connectivity index (χ3v) is 3.43. The van der Waals surface area contributed by atoms with Gasteiger partial charge < -0.3 is 4.74 Å². The number of hydrogen-bond donors (Lipinski definition) is 0. The lowest BCUT2D eigenvalue weighted by atomic mass is 10.1. The molecule has 0 unspecified atom stereocenters. The Morgan fingerprint density at radius 1 is 1.24 bits per heavy atom. The zero-order chi connectivity index (χ0) is 14.8. The van der Waals surface area contributed by atoms with Gasteiger partial charge in [-0.15, -0.1) is 0 Å². The summed E-state index contributed by atoms with van der Waals surface area (Å²) in [4.78, 5) is 4.55. The molecule has 108 valence electrons. The summed E-state index contributed by atoms with van der Waals surface area (Å²) < 4.78 is 7.77. The molecule has 0 aliphatic heterocycles. The van der Waals surface area contributed by atoms with E-state index in [4.69, 9.17) is 4.74 Å². The quantitative estimate of drug-likeness (QED) is 0.728. The zero-order valence-electron chi connectivity index (χ0n) is 12.6. The molecule has 0 spiro atoms. The van der Waals surface area contributed by atoms with Crippen LogP contribution in [0.2, 0.25) is 0 Å². The summed E-state index contributed by atoms with van der Waals surface area (Å²) in [5, 5.41) is 5.43. The van der Waals surface area contributed by atoms with Crippen molar-refractivity contribution < 1.29 is 4.74 Å². The van der Waals surface area contributed by atoms with Crippen molar-refractivity contribution in [3.05, 3.63) is 54.0 Å². The van der Waals surface area contributed by atoms with E-state index in [0.29, 0.717) is 12.6 Å². The number of para-hydroxylation sites is 1. The van der Waals surface area contributed by atoms with Crippen LogP contribution in [0.4, 0.5) is 0 Å². The van der Waals surface area contributed by atoms with Crippen LogP contribution >= 0.6 is 0 Å². The largest absolute Gasteiger partial charge is 0.486 e. The van der Waals surface area contributed by atoms with Gasteiger partial charge in [-0.25, -0.2) is 0 Å². The molecule has 0 atom stereocenters. The van der Waals surface area contributed by atoms with Gasteiger partial charge in [-0.05, 0) is 32.9 Å². The summed E-state index contributed by atoms with van der Waals surface area (Å²) in [5.74, 6) is 0.794. The first-order valence-electron chi connectivity index (χ1n) is 7.15. The molecule has 3 rings (SSSR count). The number of rotatable bonds is 4. The lowest BCUT2D eigenvalue weighted by Gasteiger charge is -2.09. The van der Waals surface area contributed by atoms with Crippen molar-refractivity contribution in [2.24, 2.45) is 0 Å². The fourth-order valence-electron chi connectivity index (χ4n) is 2.35. The highest BCUT2D eigenvalue weighted by molar-refractivity contribution is 5.82. The molecule has 3 aromatic rings. The SMILES string of the molecule is Cc1cc(COc2cnn(C(C)C)c2)c2ccccc2n1. The van der Waals surface area contributed by atoms with Crippen LogP contribution in [-0.4, -0.2) is 14.8 Å². The highest BCUT2D eigenvalue weighted by atomic mass is 16.5. The van der Waals surface area contributed by atoms with Gasteiger partial charge in [-0.3, -0.25) is 9.67 Å².